The van der Waals surface area contributed by atoms with Gasteiger partial charge in [0.05, 0.1) is 0 Å². The predicted octanol–water partition coefficient (Wildman–Crippen LogP) is 4.32. The third kappa shape index (κ3) is 4.20. The molecule has 1 fully saturated rings. The number of nitrogens with two attached hydrogens (primary N) is 1. The van der Waals surface area contributed by atoms with Crippen molar-refractivity contribution in [3.05, 3.63) is 90.3 Å². The molecule has 0 unspecified atom stereocenters. The minimum absolute atomic E-state index is 0.0324. The number of nitrogen functional groups attached to an aromatic ring is 1. The number of rotatable bonds is 5. The van der Waals surface area contributed by atoms with Crippen LogP contribution in [0.5, 0.6) is 0 Å². The summed E-state index contributed by atoms with van der Waals surface area (Å²) in [5, 5.41) is 5.44. The Morgan fingerprint density at radius 2 is 1.72 bits per heavy atom. The number of pyridine rings is 1. The molecule has 1 saturated heterocycles. The van der Waals surface area contributed by atoms with E-state index in [4.69, 9.17) is 5.73 Å². The van der Waals surface area contributed by atoms with Gasteiger partial charge in [0.2, 0.25) is 0 Å². The molecule has 4 aromatic rings. The second-order valence-corrected chi connectivity index (χ2v) is 8.22. The van der Waals surface area contributed by atoms with E-state index in [2.05, 4.69) is 45.5 Å². The summed E-state index contributed by atoms with van der Waals surface area (Å²) in [4.78, 5) is 19.9. The fourth-order valence-corrected chi connectivity index (χ4v) is 4.23. The van der Waals surface area contributed by atoms with E-state index < -0.39 is 0 Å². The number of nitrogens with zero attached hydrogens (tertiary/aromatic N) is 2. The number of carbonyl (C=O) groups is 1. The van der Waals surface area contributed by atoms with E-state index in [1.807, 2.05) is 42.5 Å². The lowest BCUT2D eigenvalue weighted by Gasteiger charge is -2.29. The van der Waals surface area contributed by atoms with Gasteiger partial charge >= 0.3 is 0 Å². The lowest BCUT2D eigenvalue weighted by molar-refractivity contribution is 0.0988. The number of piperazine rings is 1. The molecule has 5 nitrogen and oxygen atoms in total. The first kappa shape index (κ1) is 20.2. The minimum atomic E-state index is -0.0324. The van der Waals surface area contributed by atoms with Crippen molar-refractivity contribution in [1.82, 2.24) is 10.3 Å². The second-order valence-electron chi connectivity index (χ2n) is 8.22. The number of ketones is 1. The van der Waals surface area contributed by atoms with E-state index >= 15 is 0 Å². The van der Waals surface area contributed by atoms with Gasteiger partial charge in [0.25, 0.3) is 0 Å². The fourth-order valence-electron chi connectivity index (χ4n) is 4.23. The summed E-state index contributed by atoms with van der Waals surface area (Å²) < 4.78 is 0. The third-order valence-corrected chi connectivity index (χ3v) is 6.07. The van der Waals surface area contributed by atoms with Crippen LogP contribution in [0, 0.1) is 0 Å². The summed E-state index contributed by atoms with van der Waals surface area (Å²) in [6.45, 7) is 3.99. The average molecular weight is 423 g/mol. The molecule has 5 rings (SSSR count). The van der Waals surface area contributed by atoms with Gasteiger partial charge in [-0.05, 0) is 52.4 Å². The quantitative estimate of drug-likeness (QED) is 0.370. The number of aromatic nitrogens is 1. The van der Waals surface area contributed by atoms with Crippen molar-refractivity contribution < 1.29 is 4.79 Å². The van der Waals surface area contributed by atoms with E-state index in [0.717, 1.165) is 53.6 Å². The molecule has 160 valence electrons. The topological polar surface area (TPSA) is 71.2 Å². The van der Waals surface area contributed by atoms with Gasteiger partial charge in [-0.2, -0.15) is 0 Å². The van der Waals surface area contributed by atoms with Crippen LogP contribution in [0.3, 0.4) is 0 Å². The largest absolute Gasteiger partial charge is 0.398 e. The van der Waals surface area contributed by atoms with E-state index in [1.165, 1.54) is 5.69 Å². The Morgan fingerprint density at radius 1 is 0.906 bits per heavy atom. The summed E-state index contributed by atoms with van der Waals surface area (Å²) in [6.07, 6.45) is 2.03. The number of Topliss-reactive ketones (excluding diaryl/α,β-unsaturated/α-hetero) is 1. The maximum atomic E-state index is 13.0. The predicted molar refractivity (Wildman–Crippen MR) is 131 cm³/mol. The van der Waals surface area contributed by atoms with E-state index in [9.17, 15) is 4.79 Å². The highest BCUT2D eigenvalue weighted by molar-refractivity contribution is 6.00. The van der Waals surface area contributed by atoms with Crippen molar-refractivity contribution in [3.8, 4) is 11.1 Å². The number of fused-ring (bicyclic) bond motifs is 1. The molecule has 1 aliphatic heterocycles. The van der Waals surface area contributed by atoms with Crippen molar-refractivity contribution in [2.75, 3.05) is 36.8 Å². The smallest absolute Gasteiger partial charge is 0.185 e. The van der Waals surface area contributed by atoms with Gasteiger partial charge in [-0.25, -0.2) is 0 Å². The van der Waals surface area contributed by atoms with Crippen LogP contribution < -0.4 is 16.0 Å². The molecule has 0 amide bonds. The Labute approximate surface area is 187 Å². The zero-order chi connectivity index (χ0) is 21.9. The highest BCUT2D eigenvalue weighted by atomic mass is 16.1. The van der Waals surface area contributed by atoms with Gasteiger partial charge in [0.1, 0.15) is 5.69 Å². The van der Waals surface area contributed by atoms with Crippen LogP contribution in [-0.4, -0.2) is 36.9 Å². The zero-order valence-electron chi connectivity index (χ0n) is 17.9. The zero-order valence-corrected chi connectivity index (χ0v) is 17.9. The lowest BCUT2D eigenvalue weighted by Crippen LogP contribution is -2.43. The number of hydrogen-bond donors (Lipinski definition) is 2. The highest BCUT2D eigenvalue weighted by Crippen LogP contribution is 2.26. The Hall–Kier alpha value is -3.70. The molecule has 2 heterocycles. The van der Waals surface area contributed by atoms with Gasteiger partial charge < -0.3 is 16.0 Å². The van der Waals surface area contributed by atoms with Crippen LogP contribution in [0.15, 0.2) is 79.0 Å². The number of benzene rings is 3. The lowest BCUT2D eigenvalue weighted by atomic mass is 9.98. The maximum Gasteiger partial charge on any atom is 0.185 e. The first-order valence-corrected chi connectivity index (χ1v) is 11.0. The van der Waals surface area contributed by atoms with Gasteiger partial charge in [-0.15, -0.1) is 0 Å². The molecule has 1 aromatic heterocycles. The molecule has 0 saturated carbocycles. The number of hydrogen-bond acceptors (Lipinski definition) is 5. The first-order valence-electron chi connectivity index (χ1n) is 11.0. The summed E-state index contributed by atoms with van der Waals surface area (Å²) in [5.74, 6) is -0.0324. The summed E-state index contributed by atoms with van der Waals surface area (Å²) in [7, 11) is 0. The molecular formula is C27H26N4O. The number of nitrogens with one attached hydrogen (secondary N) is 1. The molecule has 0 spiro atoms. The first-order chi connectivity index (χ1) is 15.7. The van der Waals surface area contributed by atoms with Gasteiger partial charge in [0, 0.05) is 55.6 Å². The van der Waals surface area contributed by atoms with Crippen molar-refractivity contribution in [2.45, 2.75) is 6.42 Å². The van der Waals surface area contributed by atoms with E-state index in [0.29, 0.717) is 11.4 Å². The van der Waals surface area contributed by atoms with Crippen molar-refractivity contribution in [1.29, 1.82) is 0 Å². The standard InChI is InChI=1S/C27H26N4O/c28-25-9-7-20(19-4-2-1-3-5-19)14-22(25)17-27(32)26-16-21-6-8-24(15-23(21)18-30-26)31-12-10-29-11-13-31/h1-9,14-16,18,29H,10-13,17,28H2. The molecule has 0 radical (unpaired) electrons. The highest BCUT2D eigenvalue weighted by Gasteiger charge is 2.14. The van der Waals surface area contributed by atoms with Gasteiger partial charge in [0.15, 0.2) is 5.78 Å². The maximum absolute atomic E-state index is 13.0. The third-order valence-electron chi connectivity index (χ3n) is 6.07. The van der Waals surface area contributed by atoms with Crippen molar-refractivity contribution in [3.63, 3.8) is 0 Å². The van der Waals surface area contributed by atoms with Gasteiger partial charge in [-0.3, -0.25) is 9.78 Å². The minimum Gasteiger partial charge on any atom is -0.398 e. The van der Waals surface area contributed by atoms with E-state index in [-0.39, 0.29) is 12.2 Å². The number of carbonyl (C=O) groups excluding carboxylic acids is 1. The fraction of sp³-hybridized carbons (Fsp3) is 0.185. The van der Waals surface area contributed by atoms with Crippen LogP contribution in [0.25, 0.3) is 21.9 Å². The van der Waals surface area contributed by atoms with Crippen LogP contribution >= 0.6 is 0 Å². The van der Waals surface area contributed by atoms with Crippen molar-refractivity contribution in [2.24, 2.45) is 0 Å². The summed E-state index contributed by atoms with van der Waals surface area (Å²) in [6, 6.07) is 24.2. The van der Waals surface area contributed by atoms with Crippen LogP contribution in [0.2, 0.25) is 0 Å². The Morgan fingerprint density at radius 3 is 2.53 bits per heavy atom. The van der Waals surface area contributed by atoms with Crippen LogP contribution in [-0.2, 0) is 6.42 Å². The molecule has 5 heteroatoms. The average Bonchev–Trinajstić information content (AvgIpc) is 2.85. The molecule has 0 aliphatic carbocycles. The Balaban J connectivity index is 1.38. The monoisotopic (exact) mass is 422 g/mol. The second kappa shape index (κ2) is 8.81. The SMILES string of the molecule is Nc1ccc(-c2ccccc2)cc1CC(=O)c1cc2ccc(N3CCNCC3)cc2cn1. The Kier molecular flexibility index (Phi) is 5.57. The molecule has 32 heavy (non-hydrogen) atoms. The molecule has 1 aliphatic rings. The summed E-state index contributed by atoms with van der Waals surface area (Å²) >= 11 is 0. The van der Waals surface area contributed by atoms with Crippen LogP contribution in [0.4, 0.5) is 11.4 Å². The molecular weight excluding hydrogens is 396 g/mol. The summed E-state index contributed by atoms with van der Waals surface area (Å²) in [5.41, 5.74) is 11.5. The Bertz CT molecular complexity index is 1260. The number of anilines is 2. The molecule has 3 N–H and O–H groups in total. The van der Waals surface area contributed by atoms with Gasteiger partial charge in [-0.1, -0.05) is 42.5 Å². The van der Waals surface area contributed by atoms with Crippen LogP contribution in [0.1, 0.15) is 16.1 Å². The van der Waals surface area contributed by atoms with Crippen molar-refractivity contribution >= 4 is 27.9 Å². The van der Waals surface area contributed by atoms with E-state index in [1.54, 1.807) is 6.20 Å². The molecule has 3 aromatic carbocycles. The molecule has 0 atom stereocenters. The normalized spacial score (nSPS) is 13.9. The molecule has 0 bridgehead atoms.